The topological polar surface area (TPSA) is 70.9 Å². The van der Waals surface area contributed by atoms with Crippen LogP contribution in [0.15, 0.2) is 71.6 Å². The predicted molar refractivity (Wildman–Crippen MR) is 151 cm³/mol. The summed E-state index contributed by atoms with van der Waals surface area (Å²) in [5.41, 5.74) is 18.2. The molecule has 2 aromatic rings. The number of piperidine rings is 1. The number of rotatable bonds is 6. The molecule has 7 heteroatoms. The molecular weight excluding hydrogens is 485 g/mol. The molecule has 3 aliphatic rings. The van der Waals surface area contributed by atoms with Crippen molar-refractivity contribution < 1.29 is 4.39 Å². The average Bonchev–Trinajstić information content (AvgIpc) is 3.40. The Bertz CT molecular complexity index is 1220. The fraction of sp³-hybridized carbons (Fsp3) is 0.433. The SMILES string of the molecule is C=C/N=C1/CC[C@@H](C)/C1=C(/N)N1C[C@]2(CCCN([C@@H](CCN)c3ccc(Cl)cc3)C2)c2cc(F)ccc21. The van der Waals surface area contributed by atoms with Crippen LogP contribution in [0.25, 0.3) is 0 Å². The standard InChI is InChI=1S/C30H37ClFN5/c1-3-35-25-11-5-20(2)28(25)29(34)37-19-30(24-17-23(32)10-12-27(24)37)14-4-16-36(18-30)26(13-15-33)21-6-8-22(31)9-7-21/h3,6-10,12,17,20,26H,1,4-5,11,13-16,18-19,33-34H2,2H3/b29-28+,35-25-/t20-,26+,30-/m1/s1. The first kappa shape index (κ1) is 26.0. The summed E-state index contributed by atoms with van der Waals surface area (Å²) >= 11 is 6.18. The molecule has 1 spiro atoms. The number of hydrogen-bond donors (Lipinski definition) is 2. The van der Waals surface area contributed by atoms with Gasteiger partial charge >= 0.3 is 0 Å². The third kappa shape index (κ3) is 4.83. The lowest BCUT2D eigenvalue weighted by atomic mass is 9.75. The van der Waals surface area contributed by atoms with Crippen molar-refractivity contribution in [3.05, 3.63) is 88.6 Å². The molecule has 0 radical (unpaired) electrons. The Morgan fingerprint density at radius 1 is 1.27 bits per heavy atom. The first-order valence-electron chi connectivity index (χ1n) is 13.3. The van der Waals surface area contributed by atoms with Crippen molar-refractivity contribution in [1.82, 2.24) is 4.90 Å². The number of fused-ring (bicyclic) bond motifs is 2. The van der Waals surface area contributed by atoms with E-state index < -0.39 is 0 Å². The maximum Gasteiger partial charge on any atom is 0.123 e. The van der Waals surface area contributed by atoms with E-state index in [-0.39, 0.29) is 17.3 Å². The lowest BCUT2D eigenvalue weighted by Gasteiger charge is -2.44. The molecule has 0 unspecified atom stereocenters. The first-order valence-corrected chi connectivity index (χ1v) is 13.7. The highest BCUT2D eigenvalue weighted by Crippen LogP contribution is 2.49. The van der Waals surface area contributed by atoms with Gasteiger partial charge in [-0.1, -0.05) is 37.2 Å². The minimum absolute atomic E-state index is 0.183. The Kier molecular flexibility index (Phi) is 7.44. The van der Waals surface area contributed by atoms with Crippen LogP contribution in [0.2, 0.25) is 5.02 Å². The number of benzene rings is 2. The van der Waals surface area contributed by atoms with E-state index in [9.17, 15) is 4.39 Å². The summed E-state index contributed by atoms with van der Waals surface area (Å²) < 4.78 is 14.7. The van der Waals surface area contributed by atoms with Crippen molar-refractivity contribution in [2.75, 3.05) is 31.1 Å². The molecule has 2 aromatic carbocycles. The Hall–Kier alpha value is -2.67. The number of nitrogens with zero attached hydrogens (tertiary/aromatic N) is 3. The van der Waals surface area contributed by atoms with Crippen LogP contribution >= 0.6 is 11.6 Å². The molecule has 0 bridgehead atoms. The molecule has 1 saturated heterocycles. The summed E-state index contributed by atoms with van der Waals surface area (Å²) in [6.45, 7) is 9.11. The van der Waals surface area contributed by atoms with Crippen LogP contribution < -0.4 is 16.4 Å². The van der Waals surface area contributed by atoms with E-state index in [1.54, 1.807) is 18.3 Å². The maximum atomic E-state index is 14.7. The highest BCUT2D eigenvalue weighted by atomic mass is 35.5. The molecule has 2 fully saturated rings. The number of hydrogen-bond acceptors (Lipinski definition) is 5. The third-order valence-electron chi connectivity index (χ3n) is 8.46. The van der Waals surface area contributed by atoms with Crippen molar-refractivity contribution in [2.45, 2.75) is 50.5 Å². The van der Waals surface area contributed by atoms with Crippen molar-refractivity contribution in [3.8, 4) is 0 Å². The molecule has 5 nitrogen and oxygen atoms in total. The summed E-state index contributed by atoms with van der Waals surface area (Å²) in [6.07, 6.45) is 6.37. The summed E-state index contributed by atoms with van der Waals surface area (Å²) in [5, 5.41) is 0.727. The van der Waals surface area contributed by atoms with E-state index in [1.165, 1.54) is 5.56 Å². The van der Waals surface area contributed by atoms with Crippen molar-refractivity contribution in [3.63, 3.8) is 0 Å². The van der Waals surface area contributed by atoms with Crippen LogP contribution in [0, 0.1) is 11.7 Å². The zero-order valence-electron chi connectivity index (χ0n) is 21.6. The van der Waals surface area contributed by atoms with Crippen LogP contribution in [-0.2, 0) is 5.41 Å². The van der Waals surface area contributed by atoms with E-state index in [2.05, 4.69) is 40.4 Å². The van der Waals surface area contributed by atoms with E-state index in [4.69, 9.17) is 23.1 Å². The van der Waals surface area contributed by atoms with E-state index in [0.29, 0.717) is 12.5 Å². The molecule has 196 valence electrons. The lowest BCUT2D eigenvalue weighted by Crippen LogP contribution is -2.50. The molecule has 37 heavy (non-hydrogen) atoms. The van der Waals surface area contributed by atoms with Gasteiger partial charge in [0.1, 0.15) is 11.6 Å². The van der Waals surface area contributed by atoms with E-state index in [0.717, 1.165) is 85.1 Å². The maximum absolute atomic E-state index is 14.7. The Morgan fingerprint density at radius 3 is 2.78 bits per heavy atom. The smallest absolute Gasteiger partial charge is 0.123 e. The van der Waals surface area contributed by atoms with Crippen molar-refractivity contribution >= 4 is 23.0 Å². The van der Waals surface area contributed by atoms with E-state index in [1.807, 2.05) is 18.2 Å². The second-order valence-corrected chi connectivity index (χ2v) is 11.2. The van der Waals surface area contributed by atoms with Gasteiger partial charge in [0.25, 0.3) is 0 Å². The normalized spacial score (nSPS) is 27.1. The highest BCUT2D eigenvalue weighted by molar-refractivity contribution is 6.30. The fourth-order valence-electron chi connectivity index (χ4n) is 6.75. The fourth-order valence-corrected chi connectivity index (χ4v) is 6.87. The average molecular weight is 522 g/mol. The van der Waals surface area contributed by atoms with Gasteiger partial charge in [-0.25, -0.2) is 4.39 Å². The second-order valence-electron chi connectivity index (χ2n) is 10.7. The van der Waals surface area contributed by atoms with Crippen LogP contribution in [0.3, 0.4) is 0 Å². The first-order chi connectivity index (χ1) is 17.9. The summed E-state index contributed by atoms with van der Waals surface area (Å²) in [5.74, 6) is 0.854. The van der Waals surface area contributed by atoms with E-state index >= 15 is 0 Å². The van der Waals surface area contributed by atoms with Gasteiger partial charge in [-0.15, -0.1) is 0 Å². The molecule has 0 aromatic heterocycles. The van der Waals surface area contributed by atoms with Crippen LogP contribution in [0.5, 0.6) is 0 Å². The van der Waals surface area contributed by atoms with Gasteiger partial charge in [-0.05, 0) is 92.6 Å². The quantitative estimate of drug-likeness (QED) is 0.496. The van der Waals surface area contributed by atoms with Crippen LogP contribution in [0.1, 0.15) is 56.2 Å². The molecule has 2 aliphatic heterocycles. The van der Waals surface area contributed by atoms with Crippen molar-refractivity contribution in [2.24, 2.45) is 22.4 Å². The van der Waals surface area contributed by atoms with Crippen molar-refractivity contribution in [1.29, 1.82) is 0 Å². The molecule has 2 heterocycles. The van der Waals surface area contributed by atoms with Gasteiger partial charge in [-0.2, -0.15) is 0 Å². The minimum Gasteiger partial charge on any atom is -0.385 e. The zero-order chi connectivity index (χ0) is 26.2. The number of halogens is 2. The predicted octanol–water partition coefficient (Wildman–Crippen LogP) is 5.91. The van der Waals surface area contributed by atoms with Gasteiger partial charge in [0.05, 0.1) is 0 Å². The van der Waals surface area contributed by atoms with Crippen LogP contribution in [-0.4, -0.2) is 36.8 Å². The molecule has 3 atom stereocenters. The lowest BCUT2D eigenvalue weighted by molar-refractivity contribution is 0.103. The summed E-state index contributed by atoms with van der Waals surface area (Å²) in [7, 11) is 0. The van der Waals surface area contributed by atoms with Gasteiger partial charge in [0.15, 0.2) is 0 Å². The Balaban J connectivity index is 1.54. The number of likely N-dealkylation sites (tertiary alicyclic amines) is 1. The largest absolute Gasteiger partial charge is 0.385 e. The van der Waals surface area contributed by atoms with Gasteiger partial charge in [-0.3, -0.25) is 9.89 Å². The number of anilines is 1. The van der Waals surface area contributed by atoms with Gasteiger partial charge in [0.2, 0.25) is 0 Å². The molecule has 1 saturated carbocycles. The number of nitrogens with two attached hydrogens (primary N) is 2. The number of aliphatic imine (C=N–C) groups is 1. The molecular formula is C30H37ClFN5. The monoisotopic (exact) mass is 521 g/mol. The van der Waals surface area contributed by atoms with Gasteiger partial charge < -0.3 is 16.4 Å². The Labute approximate surface area is 224 Å². The zero-order valence-corrected chi connectivity index (χ0v) is 22.4. The number of allylic oxidation sites excluding steroid dienone is 1. The summed E-state index contributed by atoms with van der Waals surface area (Å²) in [4.78, 5) is 9.29. The molecule has 1 aliphatic carbocycles. The molecule has 4 N–H and O–H groups in total. The van der Waals surface area contributed by atoms with Gasteiger partial charge in [0, 0.05) is 52.7 Å². The molecule has 5 rings (SSSR count). The molecule has 0 amide bonds. The Morgan fingerprint density at radius 2 is 2.05 bits per heavy atom. The third-order valence-corrected chi connectivity index (χ3v) is 8.71. The second kappa shape index (κ2) is 10.6. The highest BCUT2D eigenvalue weighted by Gasteiger charge is 2.48. The minimum atomic E-state index is -0.224. The van der Waals surface area contributed by atoms with Crippen LogP contribution in [0.4, 0.5) is 10.1 Å². The summed E-state index contributed by atoms with van der Waals surface area (Å²) in [6, 6.07) is 13.4.